The number of aryl methyl sites for hydroxylation is 1. The number of hydrogen-bond acceptors (Lipinski definition) is 2. The summed E-state index contributed by atoms with van der Waals surface area (Å²) in [6, 6.07) is 7.02. The molecule has 0 bridgehead atoms. The Balaban J connectivity index is 1.57. The second-order valence-corrected chi connectivity index (χ2v) is 8.31. The number of nitrogens with one attached hydrogen (secondary N) is 2. The molecule has 170 valence electrons. The Labute approximate surface area is 185 Å². The van der Waals surface area contributed by atoms with Gasteiger partial charge >= 0.3 is 0 Å². The molecule has 1 aliphatic carbocycles. The van der Waals surface area contributed by atoms with E-state index in [0.717, 1.165) is 24.1 Å². The number of aromatic amines is 2. The van der Waals surface area contributed by atoms with Crippen LogP contribution in [0.3, 0.4) is 0 Å². The molecule has 5 nitrogen and oxygen atoms in total. The van der Waals surface area contributed by atoms with Gasteiger partial charge in [0.15, 0.2) is 0 Å². The minimum absolute atomic E-state index is 0.130. The molecule has 1 atom stereocenters. The standard InChI is InChI=1S/C24H19F4N3O2/c1-31(24(33)19-8-11-7-16(26)15(22(27)28)10-18(11)29-19)20-4-2-3-17-21(20)13-6-5-12(25)9-14(13)23(32)30-17/h5-10,20,22,29H,2-4H2,1H3,(H,30,32)/t20-/m1/s1. The summed E-state index contributed by atoms with van der Waals surface area (Å²) in [4.78, 5) is 32.9. The number of pyridine rings is 1. The lowest BCUT2D eigenvalue weighted by Crippen LogP contribution is -2.34. The fraction of sp³-hybridized carbons (Fsp3) is 0.250. The van der Waals surface area contributed by atoms with E-state index in [1.165, 1.54) is 23.1 Å². The number of carbonyl (C=O) groups is 1. The van der Waals surface area contributed by atoms with Gasteiger partial charge in [0.1, 0.15) is 17.3 Å². The minimum atomic E-state index is -2.97. The molecule has 9 heteroatoms. The van der Waals surface area contributed by atoms with Gasteiger partial charge in [0, 0.05) is 29.2 Å². The second kappa shape index (κ2) is 7.75. The number of H-pyrrole nitrogens is 2. The van der Waals surface area contributed by atoms with Crippen LogP contribution in [-0.4, -0.2) is 27.8 Å². The van der Waals surface area contributed by atoms with Crippen molar-refractivity contribution in [2.45, 2.75) is 31.7 Å². The smallest absolute Gasteiger partial charge is 0.270 e. The molecule has 4 aromatic rings. The van der Waals surface area contributed by atoms with E-state index in [1.807, 2.05) is 0 Å². The van der Waals surface area contributed by atoms with E-state index in [1.54, 1.807) is 13.1 Å². The Kier molecular flexibility index (Phi) is 4.99. The fourth-order valence-corrected chi connectivity index (χ4v) is 4.74. The molecule has 0 saturated heterocycles. The predicted octanol–water partition coefficient (Wildman–Crippen LogP) is 5.37. The van der Waals surface area contributed by atoms with Gasteiger partial charge in [0.05, 0.1) is 17.0 Å². The van der Waals surface area contributed by atoms with Crippen molar-refractivity contribution in [3.63, 3.8) is 0 Å². The van der Waals surface area contributed by atoms with Gasteiger partial charge < -0.3 is 14.9 Å². The average molecular weight is 457 g/mol. The molecule has 1 amide bonds. The summed E-state index contributed by atoms with van der Waals surface area (Å²) in [5.74, 6) is -1.98. The molecular formula is C24H19F4N3O2. The number of carbonyl (C=O) groups excluding carboxylic acids is 1. The molecule has 1 aliphatic rings. The Bertz CT molecular complexity index is 1470. The minimum Gasteiger partial charge on any atom is -0.351 e. The molecular weight excluding hydrogens is 438 g/mol. The highest BCUT2D eigenvalue weighted by Gasteiger charge is 2.31. The van der Waals surface area contributed by atoms with Crippen LogP contribution in [0.1, 0.15) is 52.6 Å². The summed E-state index contributed by atoms with van der Waals surface area (Å²) in [5.41, 5.74) is 0.707. The third-order valence-electron chi connectivity index (χ3n) is 6.33. The zero-order valence-corrected chi connectivity index (χ0v) is 17.5. The molecule has 5 rings (SSSR count). The van der Waals surface area contributed by atoms with E-state index < -0.39 is 35.6 Å². The summed E-state index contributed by atoms with van der Waals surface area (Å²) < 4.78 is 53.8. The number of amides is 1. The van der Waals surface area contributed by atoms with Crippen LogP contribution in [0.15, 0.2) is 41.2 Å². The summed E-state index contributed by atoms with van der Waals surface area (Å²) in [7, 11) is 1.61. The molecule has 2 aromatic carbocycles. The molecule has 2 N–H and O–H groups in total. The van der Waals surface area contributed by atoms with Crippen LogP contribution in [0.5, 0.6) is 0 Å². The monoisotopic (exact) mass is 457 g/mol. The van der Waals surface area contributed by atoms with Gasteiger partial charge in [0.25, 0.3) is 17.9 Å². The number of rotatable bonds is 3. The summed E-state index contributed by atoms with van der Waals surface area (Å²) in [6.07, 6.45) is -0.997. The number of hydrogen-bond donors (Lipinski definition) is 2. The Hall–Kier alpha value is -3.62. The van der Waals surface area contributed by atoms with Crippen molar-refractivity contribution in [1.82, 2.24) is 14.9 Å². The van der Waals surface area contributed by atoms with Gasteiger partial charge in [-0.15, -0.1) is 0 Å². The molecule has 0 fully saturated rings. The first-order valence-electron chi connectivity index (χ1n) is 10.5. The first kappa shape index (κ1) is 21.2. The van der Waals surface area contributed by atoms with E-state index in [0.29, 0.717) is 29.3 Å². The first-order valence-corrected chi connectivity index (χ1v) is 10.5. The Morgan fingerprint density at radius 1 is 1.09 bits per heavy atom. The summed E-state index contributed by atoms with van der Waals surface area (Å²) in [5, 5.41) is 1.10. The maximum Gasteiger partial charge on any atom is 0.270 e. The van der Waals surface area contributed by atoms with Crippen LogP contribution in [0.2, 0.25) is 0 Å². The van der Waals surface area contributed by atoms with Gasteiger partial charge in [-0.05, 0) is 55.0 Å². The quantitative estimate of drug-likeness (QED) is 0.406. The third kappa shape index (κ3) is 3.48. The van der Waals surface area contributed by atoms with Crippen LogP contribution < -0.4 is 5.56 Å². The highest BCUT2D eigenvalue weighted by molar-refractivity contribution is 5.98. The predicted molar refractivity (Wildman–Crippen MR) is 116 cm³/mol. The molecule has 0 spiro atoms. The van der Waals surface area contributed by atoms with Crippen molar-refractivity contribution in [3.8, 4) is 0 Å². The number of halogens is 4. The van der Waals surface area contributed by atoms with Gasteiger partial charge in [-0.2, -0.15) is 0 Å². The fourth-order valence-electron chi connectivity index (χ4n) is 4.74. The number of benzene rings is 2. The zero-order valence-electron chi connectivity index (χ0n) is 17.5. The van der Waals surface area contributed by atoms with E-state index in [2.05, 4.69) is 9.97 Å². The second-order valence-electron chi connectivity index (χ2n) is 8.31. The van der Waals surface area contributed by atoms with Crippen molar-refractivity contribution in [3.05, 3.63) is 80.9 Å². The topological polar surface area (TPSA) is 69.0 Å². The lowest BCUT2D eigenvalue weighted by molar-refractivity contribution is 0.0710. The number of fused-ring (bicyclic) bond motifs is 4. The van der Waals surface area contributed by atoms with Gasteiger partial charge in [0.2, 0.25) is 0 Å². The van der Waals surface area contributed by atoms with E-state index >= 15 is 0 Å². The maximum absolute atomic E-state index is 14.0. The normalized spacial score (nSPS) is 15.9. The first-order chi connectivity index (χ1) is 15.7. The van der Waals surface area contributed by atoms with Gasteiger partial charge in [-0.1, -0.05) is 6.07 Å². The molecule has 2 aromatic heterocycles. The van der Waals surface area contributed by atoms with E-state index in [-0.39, 0.29) is 22.2 Å². The van der Waals surface area contributed by atoms with Crippen molar-refractivity contribution in [1.29, 1.82) is 0 Å². The SMILES string of the molecule is CN(C(=O)c1cc2cc(F)c(C(F)F)cc2[nH]1)[C@@H]1CCCc2[nH]c(=O)c3cc(F)ccc3c21. The lowest BCUT2D eigenvalue weighted by atomic mass is 9.86. The molecule has 0 aliphatic heterocycles. The van der Waals surface area contributed by atoms with E-state index in [9.17, 15) is 27.2 Å². The van der Waals surface area contributed by atoms with Crippen LogP contribution in [0, 0.1) is 11.6 Å². The highest BCUT2D eigenvalue weighted by Crippen LogP contribution is 2.37. The Morgan fingerprint density at radius 3 is 2.64 bits per heavy atom. The van der Waals surface area contributed by atoms with Crippen LogP contribution >= 0.6 is 0 Å². The highest BCUT2D eigenvalue weighted by atomic mass is 19.3. The summed E-state index contributed by atoms with van der Waals surface area (Å²) >= 11 is 0. The molecule has 0 unspecified atom stereocenters. The van der Waals surface area contributed by atoms with E-state index in [4.69, 9.17) is 0 Å². The average Bonchev–Trinajstić information content (AvgIpc) is 3.20. The largest absolute Gasteiger partial charge is 0.351 e. The maximum atomic E-state index is 14.0. The number of nitrogens with zero attached hydrogens (tertiary/aromatic N) is 1. The zero-order chi connectivity index (χ0) is 23.4. The van der Waals surface area contributed by atoms with Gasteiger partial charge in [-0.3, -0.25) is 9.59 Å². The van der Waals surface area contributed by atoms with Crippen molar-refractivity contribution in [2.75, 3.05) is 7.05 Å². The lowest BCUT2D eigenvalue weighted by Gasteiger charge is -2.33. The van der Waals surface area contributed by atoms with Crippen molar-refractivity contribution < 1.29 is 22.4 Å². The van der Waals surface area contributed by atoms with Crippen molar-refractivity contribution >= 4 is 27.6 Å². The van der Waals surface area contributed by atoms with Crippen LogP contribution in [0.25, 0.3) is 21.7 Å². The Morgan fingerprint density at radius 2 is 1.88 bits per heavy atom. The number of alkyl halides is 2. The molecule has 0 saturated carbocycles. The van der Waals surface area contributed by atoms with Crippen LogP contribution in [-0.2, 0) is 6.42 Å². The number of aromatic nitrogens is 2. The summed E-state index contributed by atoms with van der Waals surface area (Å²) in [6.45, 7) is 0. The molecule has 0 radical (unpaired) electrons. The van der Waals surface area contributed by atoms with Gasteiger partial charge in [-0.25, -0.2) is 17.6 Å². The third-order valence-corrected chi connectivity index (χ3v) is 6.33. The molecule has 2 heterocycles. The van der Waals surface area contributed by atoms with Crippen molar-refractivity contribution in [2.24, 2.45) is 0 Å². The molecule has 33 heavy (non-hydrogen) atoms. The van der Waals surface area contributed by atoms with Crippen LogP contribution in [0.4, 0.5) is 17.6 Å².